The lowest BCUT2D eigenvalue weighted by atomic mass is 10.0. The van der Waals surface area contributed by atoms with Gasteiger partial charge in [-0.3, -0.25) is 0 Å². The number of aromatic nitrogens is 2. The summed E-state index contributed by atoms with van der Waals surface area (Å²) in [6.07, 6.45) is 5.62. The molecule has 1 aliphatic carbocycles. The topological polar surface area (TPSA) is 51.0 Å². The molecule has 0 radical (unpaired) electrons. The molecule has 0 bridgehead atoms. The minimum atomic E-state index is 0. The van der Waals surface area contributed by atoms with Crippen molar-refractivity contribution in [1.29, 1.82) is 0 Å². The molecule has 4 nitrogen and oxygen atoms in total. The summed E-state index contributed by atoms with van der Waals surface area (Å²) >= 11 is 0. The third-order valence-corrected chi connectivity index (χ3v) is 3.49. The zero-order chi connectivity index (χ0) is 11.6. The van der Waals surface area contributed by atoms with Gasteiger partial charge in [-0.25, -0.2) is 0 Å². The molecule has 0 amide bonds. The highest BCUT2D eigenvalue weighted by Crippen LogP contribution is 2.50. The summed E-state index contributed by atoms with van der Waals surface area (Å²) in [5.41, 5.74) is 0.239. The van der Waals surface area contributed by atoms with Crippen molar-refractivity contribution < 1.29 is 4.52 Å². The van der Waals surface area contributed by atoms with Crippen LogP contribution in [0.4, 0.5) is 0 Å². The van der Waals surface area contributed by atoms with E-state index in [-0.39, 0.29) is 17.8 Å². The highest BCUT2D eigenvalue weighted by Gasteiger charge is 2.48. The Morgan fingerprint density at radius 2 is 2.18 bits per heavy atom. The van der Waals surface area contributed by atoms with E-state index in [1.54, 1.807) is 0 Å². The number of hydrogen-bond donors (Lipinski definition) is 1. The summed E-state index contributed by atoms with van der Waals surface area (Å²) in [6, 6.07) is 0.395. The van der Waals surface area contributed by atoms with Gasteiger partial charge < -0.3 is 9.84 Å². The van der Waals surface area contributed by atoms with E-state index in [1.165, 1.54) is 25.7 Å². The molecule has 1 atom stereocenters. The molecule has 5 heteroatoms. The Kier molecular flexibility index (Phi) is 4.95. The molecule has 98 valence electrons. The summed E-state index contributed by atoms with van der Waals surface area (Å²) in [5.74, 6) is 1.70. The first-order valence-electron chi connectivity index (χ1n) is 6.20. The van der Waals surface area contributed by atoms with Crippen molar-refractivity contribution in [3.05, 3.63) is 11.7 Å². The largest absolute Gasteiger partial charge is 0.339 e. The first-order valence-corrected chi connectivity index (χ1v) is 6.20. The first-order chi connectivity index (χ1) is 7.70. The molecule has 0 saturated heterocycles. The second-order valence-electron chi connectivity index (χ2n) is 4.94. The zero-order valence-corrected chi connectivity index (χ0v) is 11.6. The fraction of sp³-hybridized carbons (Fsp3) is 0.833. The normalized spacial score (nSPS) is 18.5. The predicted molar refractivity (Wildman–Crippen MR) is 69.6 cm³/mol. The predicted octanol–water partition coefficient (Wildman–Crippen LogP) is 2.47. The van der Waals surface area contributed by atoms with Crippen molar-refractivity contribution in [3.63, 3.8) is 0 Å². The molecule has 2 rings (SSSR count). The standard InChI is InChI=1S/C12H21N3O.ClH/c1-4-5-12(6-7-12)11-14-10(15-16-11)8-9(2)13-3;/h9,13H,4-8H2,1-3H3;1H. The molecule has 0 aromatic carbocycles. The highest BCUT2D eigenvalue weighted by molar-refractivity contribution is 5.85. The van der Waals surface area contributed by atoms with Crippen LogP contribution in [0.15, 0.2) is 4.52 Å². The minimum absolute atomic E-state index is 0. The molecule has 1 aromatic heterocycles. The Balaban J connectivity index is 0.00000144. The lowest BCUT2D eigenvalue weighted by molar-refractivity contribution is 0.332. The Morgan fingerprint density at radius 3 is 2.71 bits per heavy atom. The molecule has 1 heterocycles. The van der Waals surface area contributed by atoms with Crippen LogP contribution in [0.25, 0.3) is 0 Å². The summed E-state index contributed by atoms with van der Waals surface area (Å²) < 4.78 is 5.40. The van der Waals surface area contributed by atoms with Gasteiger partial charge in [-0.15, -0.1) is 12.4 Å². The van der Waals surface area contributed by atoms with Crippen molar-refractivity contribution in [1.82, 2.24) is 15.5 Å². The maximum Gasteiger partial charge on any atom is 0.232 e. The first kappa shape index (κ1) is 14.5. The maximum absolute atomic E-state index is 5.40. The number of rotatable bonds is 6. The quantitative estimate of drug-likeness (QED) is 0.853. The lowest BCUT2D eigenvalue weighted by Crippen LogP contribution is -2.24. The third kappa shape index (κ3) is 3.19. The average molecular weight is 260 g/mol. The van der Waals surface area contributed by atoms with Crippen LogP contribution in [0, 0.1) is 0 Å². The molecule has 17 heavy (non-hydrogen) atoms. The molecule has 0 spiro atoms. The van der Waals surface area contributed by atoms with Gasteiger partial charge in [0, 0.05) is 17.9 Å². The Hall–Kier alpha value is -0.610. The van der Waals surface area contributed by atoms with E-state index in [1.807, 2.05) is 7.05 Å². The van der Waals surface area contributed by atoms with Gasteiger partial charge in [0.05, 0.1) is 0 Å². The number of nitrogens with zero attached hydrogens (tertiary/aromatic N) is 2. The summed E-state index contributed by atoms with van der Waals surface area (Å²) in [7, 11) is 1.95. The summed E-state index contributed by atoms with van der Waals surface area (Å²) in [5, 5.41) is 7.25. The SMILES string of the molecule is CCCC1(c2nc(CC(C)NC)no2)CC1.Cl. The maximum atomic E-state index is 5.40. The second kappa shape index (κ2) is 5.83. The van der Waals surface area contributed by atoms with Crippen LogP contribution in [0.1, 0.15) is 51.2 Å². The smallest absolute Gasteiger partial charge is 0.232 e. The third-order valence-electron chi connectivity index (χ3n) is 3.49. The van der Waals surface area contributed by atoms with E-state index < -0.39 is 0 Å². The fourth-order valence-electron chi connectivity index (χ4n) is 2.13. The van der Waals surface area contributed by atoms with Gasteiger partial charge in [0.15, 0.2) is 5.82 Å². The van der Waals surface area contributed by atoms with Crippen LogP contribution < -0.4 is 5.32 Å². The van der Waals surface area contributed by atoms with E-state index in [4.69, 9.17) is 4.52 Å². The zero-order valence-electron chi connectivity index (χ0n) is 10.8. The van der Waals surface area contributed by atoms with Gasteiger partial charge in [0.25, 0.3) is 0 Å². The van der Waals surface area contributed by atoms with Gasteiger partial charge >= 0.3 is 0 Å². The van der Waals surface area contributed by atoms with Crippen LogP contribution >= 0.6 is 12.4 Å². The van der Waals surface area contributed by atoms with E-state index in [9.17, 15) is 0 Å². The van der Waals surface area contributed by atoms with E-state index >= 15 is 0 Å². The van der Waals surface area contributed by atoms with E-state index in [0.717, 1.165) is 18.1 Å². The van der Waals surface area contributed by atoms with Gasteiger partial charge in [0.1, 0.15) is 0 Å². The van der Waals surface area contributed by atoms with Crippen LogP contribution in [0.5, 0.6) is 0 Å². The molecule has 1 aromatic rings. The Bertz CT molecular complexity index is 349. The van der Waals surface area contributed by atoms with Crippen molar-refractivity contribution in [2.45, 2.75) is 57.4 Å². The van der Waals surface area contributed by atoms with E-state index in [0.29, 0.717) is 6.04 Å². The molecule has 1 unspecified atom stereocenters. The van der Waals surface area contributed by atoms with Gasteiger partial charge in [-0.1, -0.05) is 18.5 Å². The van der Waals surface area contributed by atoms with Crippen molar-refractivity contribution in [2.75, 3.05) is 7.05 Å². The van der Waals surface area contributed by atoms with Crippen LogP contribution in [0.3, 0.4) is 0 Å². The number of nitrogens with one attached hydrogen (secondary N) is 1. The van der Waals surface area contributed by atoms with Crippen LogP contribution in [0.2, 0.25) is 0 Å². The van der Waals surface area contributed by atoms with Crippen LogP contribution in [-0.2, 0) is 11.8 Å². The van der Waals surface area contributed by atoms with Gasteiger partial charge in [0.2, 0.25) is 5.89 Å². The number of halogens is 1. The molecule has 1 fully saturated rings. The molecule has 1 aliphatic rings. The molecule has 0 aliphatic heterocycles. The molecule has 1 N–H and O–H groups in total. The number of likely N-dealkylation sites (N-methyl/N-ethyl adjacent to an activating group) is 1. The van der Waals surface area contributed by atoms with Crippen LogP contribution in [-0.4, -0.2) is 23.2 Å². The van der Waals surface area contributed by atoms with Crippen molar-refractivity contribution >= 4 is 12.4 Å². The summed E-state index contributed by atoms with van der Waals surface area (Å²) in [4.78, 5) is 4.53. The van der Waals surface area contributed by atoms with E-state index in [2.05, 4.69) is 29.3 Å². The monoisotopic (exact) mass is 259 g/mol. The Labute approximate surface area is 109 Å². The Morgan fingerprint density at radius 1 is 1.47 bits per heavy atom. The van der Waals surface area contributed by atoms with Crippen molar-refractivity contribution in [2.24, 2.45) is 0 Å². The number of hydrogen-bond acceptors (Lipinski definition) is 4. The lowest BCUT2D eigenvalue weighted by Gasteiger charge is -2.07. The summed E-state index contributed by atoms with van der Waals surface area (Å²) in [6.45, 7) is 4.33. The minimum Gasteiger partial charge on any atom is -0.339 e. The molecule has 1 saturated carbocycles. The second-order valence-corrected chi connectivity index (χ2v) is 4.94. The average Bonchev–Trinajstić information content (AvgIpc) is 2.90. The van der Waals surface area contributed by atoms with Crippen molar-refractivity contribution in [3.8, 4) is 0 Å². The highest BCUT2D eigenvalue weighted by atomic mass is 35.5. The van der Waals surface area contributed by atoms with Gasteiger partial charge in [-0.2, -0.15) is 4.98 Å². The fourth-order valence-corrected chi connectivity index (χ4v) is 2.13. The molecular weight excluding hydrogens is 238 g/mol. The molecular formula is C12H22ClN3O. The van der Waals surface area contributed by atoms with Gasteiger partial charge in [-0.05, 0) is 33.2 Å².